The van der Waals surface area contributed by atoms with Crippen LogP contribution in [-0.2, 0) is 4.74 Å². The Kier molecular flexibility index (Phi) is 6.12. The van der Waals surface area contributed by atoms with Crippen molar-refractivity contribution >= 4 is 35.1 Å². The zero-order valence-corrected chi connectivity index (χ0v) is 15.4. The molecule has 1 saturated heterocycles. The van der Waals surface area contributed by atoms with Crippen molar-refractivity contribution in [3.63, 3.8) is 0 Å². The minimum atomic E-state index is -0.235. The van der Waals surface area contributed by atoms with Crippen molar-refractivity contribution in [2.45, 2.75) is 25.8 Å². The molecule has 2 aromatic rings. The molecule has 26 heavy (non-hydrogen) atoms. The van der Waals surface area contributed by atoms with Crippen LogP contribution in [0.1, 0.15) is 19.8 Å². The lowest BCUT2D eigenvalue weighted by atomic mass is 10.1. The largest absolute Gasteiger partial charge is 0.450 e. The Bertz CT molecular complexity index is 750. The number of likely N-dealkylation sites (tertiary alicyclic amines) is 1. The number of benzene rings is 1. The van der Waals surface area contributed by atoms with E-state index in [0.717, 1.165) is 24.3 Å². The van der Waals surface area contributed by atoms with E-state index in [1.165, 1.54) is 0 Å². The lowest BCUT2D eigenvalue weighted by Crippen LogP contribution is -2.42. The van der Waals surface area contributed by atoms with Crippen LogP contribution in [0.15, 0.2) is 36.5 Å². The SMILES string of the molecule is CCOC(=O)N1CCC(Nc2ccnc(Nc3cccc(Cl)c3)n2)CC1. The van der Waals surface area contributed by atoms with Gasteiger partial charge in [-0.2, -0.15) is 4.98 Å². The number of hydrogen-bond acceptors (Lipinski definition) is 6. The van der Waals surface area contributed by atoms with Crippen LogP contribution in [0.4, 0.5) is 22.2 Å². The molecule has 1 amide bonds. The van der Waals surface area contributed by atoms with Gasteiger partial charge in [0.05, 0.1) is 6.61 Å². The van der Waals surface area contributed by atoms with Crippen LogP contribution in [0.25, 0.3) is 0 Å². The number of halogens is 1. The summed E-state index contributed by atoms with van der Waals surface area (Å²) in [6.45, 7) is 3.57. The molecule has 8 heteroatoms. The molecule has 1 aliphatic rings. The Morgan fingerprint density at radius 1 is 1.35 bits per heavy atom. The second kappa shape index (κ2) is 8.71. The van der Waals surface area contributed by atoms with Crippen LogP contribution in [0.5, 0.6) is 0 Å². The number of hydrogen-bond donors (Lipinski definition) is 2. The summed E-state index contributed by atoms with van der Waals surface area (Å²) in [4.78, 5) is 22.2. The van der Waals surface area contributed by atoms with E-state index < -0.39 is 0 Å². The Morgan fingerprint density at radius 3 is 2.88 bits per heavy atom. The van der Waals surface area contributed by atoms with Gasteiger partial charge in [0.1, 0.15) is 5.82 Å². The second-order valence-electron chi connectivity index (χ2n) is 6.01. The third-order valence-electron chi connectivity index (χ3n) is 4.11. The molecule has 0 bridgehead atoms. The van der Waals surface area contributed by atoms with E-state index in [2.05, 4.69) is 20.6 Å². The molecule has 2 N–H and O–H groups in total. The van der Waals surface area contributed by atoms with Crippen LogP contribution in [-0.4, -0.2) is 46.7 Å². The molecular weight excluding hydrogens is 354 g/mol. The summed E-state index contributed by atoms with van der Waals surface area (Å²) >= 11 is 5.99. The van der Waals surface area contributed by atoms with Gasteiger partial charge in [-0.25, -0.2) is 9.78 Å². The highest BCUT2D eigenvalue weighted by atomic mass is 35.5. The normalized spacial score (nSPS) is 14.8. The highest BCUT2D eigenvalue weighted by Crippen LogP contribution is 2.20. The van der Waals surface area contributed by atoms with E-state index in [-0.39, 0.29) is 12.1 Å². The summed E-state index contributed by atoms with van der Waals surface area (Å²) in [6, 6.07) is 9.49. The molecule has 3 rings (SSSR count). The third kappa shape index (κ3) is 4.98. The zero-order valence-electron chi connectivity index (χ0n) is 14.6. The zero-order chi connectivity index (χ0) is 18.4. The van der Waals surface area contributed by atoms with Crippen molar-refractivity contribution in [1.29, 1.82) is 0 Å². The van der Waals surface area contributed by atoms with Gasteiger partial charge >= 0.3 is 6.09 Å². The first-order chi connectivity index (χ1) is 12.6. The van der Waals surface area contributed by atoms with Crippen molar-refractivity contribution in [1.82, 2.24) is 14.9 Å². The fourth-order valence-corrected chi connectivity index (χ4v) is 3.02. The molecule has 0 radical (unpaired) electrons. The number of aromatic nitrogens is 2. The Morgan fingerprint density at radius 2 is 2.15 bits per heavy atom. The maximum Gasteiger partial charge on any atom is 0.409 e. The summed E-state index contributed by atoms with van der Waals surface area (Å²) < 4.78 is 5.04. The third-order valence-corrected chi connectivity index (χ3v) is 4.34. The number of piperidine rings is 1. The average Bonchev–Trinajstić information content (AvgIpc) is 2.63. The number of nitrogens with one attached hydrogen (secondary N) is 2. The predicted molar refractivity (Wildman–Crippen MR) is 102 cm³/mol. The monoisotopic (exact) mass is 375 g/mol. The van der Waals surface area contributed by atoms with Gasteiger partial charge in [0.25, 0.3) is 0 Å². The quantitative estimate of drug-likeness (QED) is 0.824. The molecular formula is C18H22ClN5O2. The van der Waals surface area contributed by atoms with Gasteiger partial charge < -0.3 is 20.3 Å². The number of carbonyl (C=O) groups is 1. The van der Waals surface area contributed by atoms with Gasteiger partial charge in [-0.3, -0.25) is 0 Å². The van der Waals surface area contributed by atoms with Crippen LogP contribution < -0.4 is 10.6 Å². The molecule has 138 valence electrons. The maximum atomic E-state index is 11.8. The number of anilines is 3. The predicted octanol–water partition coefficient (Wildman–Crippen LogP) is 3.91. The van der Waals surface area contributed by atoms with Crippen molar-refractivity contribution in [2.24, 2.45) is 0 Å². The van der Waals surface area contributed by atoms with E-state index in [1.54, 1.807) is 11.1 Å². The van der Waals surface area contributed by atoms with Crippen LogP contribution in [0.3, 0.4) is 0 Å². The summed E-state index contributed by atoms with van der Waals surface area (Å²) in [7, 11) is 0. The van der Waals surface area contributed by atoms with Crippen LogP contribution >= 0.6 is 11.6 Å². The topological polar surface area (TPSA) is 79.4 Å². The maximum absolute atomic E-state index is 11.8. The van der Waals surface area contributed by atoms with Gasteiger partial charge in [-0.15, -0.1) is 0 Å². The highest BCUT2D eigenvalue weighted by Gasteiger charge is 2.23. The van der Waals surface area contributed by atoms with Crippen LogP contribution in [0.2, 0.25) is 5.02 Å². The van der Waals surface area contributed by atoms with Gasteiger partial charge in [-0.05, 0) is 44.0 Å². The number of nitrogens with zero attached hydrogens (tertiary/aromatic N) is 3. The van der Waals surface area contributed by atoms with Crippen molar-refractivity contribution in [2.75, 3.05) is 30.3 Å². The summed E-state index contributed by atoms with van der Waals surface area (Å²) in [5.74, 6) is 1.25. The summed E-state index contributed by atoms with van der Waals surface area (Å²) in [6.07, 6.45) is 3.16. The minimum absolute atomic E-state index is 0.235. The molecule has 0 saturated carbocycles. The first kappa shape index (κ1) is 18.3. The first-order valence-corrected chi connectivity index (χ1v) is 9.05. The fraction of sp³-hybridized carbons (Fsp3) is 0.389. The van der Waals surface area contributed by atoms with E-state index in [4.69, 9.17) is 16.3 Å². The minimum Gasteiger partial charge on any atom is -0.450 e. The Balaban J connectivity index is 1.55. The average molecular weight is 376 g/mol. The summed E-state index contributed by atoms with van der Waals surface area (Å²) in [5, 5.41) is 7.21. The van der Waals surface area contributed by atoms with Gasteiger partial charge in [0.2, 0.25) is 5.95 Å². The number of amides is 1. The molecule has 0 aliphatic carbocycles. The second-order valence-corrected chi connectivity index (χ2v) is 6.44. The highest BCUT2D eigenvalue weighted by molar-refractivity contribution is 6.30. The van der Waals surface area contributed by atoms with Gasteiger partial charge in [-0.1, -0.05) is 17.7 Å². The molecule has 1 aromatic carbocycles. The van der Waals surface area contributed by atoms with Gasteiger partial charge in [0.15, 0.2) is 0 Å². The number of rotatable bonds is 5. The fourth-order valence-electron chi connectivity index (χ4n) is 2.82. The molecule has 1 fully saturated rings. The van der Waals surface area contributed by atoms with E-state index >= 15 is 0 Å². The van der Waals surface area contributed by atoms with Crippen LogP contribution in [0, 0.1) is 0 Å². The van der Waals surface area contributed by atoms with Gasteiger partial charge in [0, 0.05) is 36.0 Å². The lowest BCUT2D eigenvalue weighted by Gasteiger charge is -2.31. The van der Waals surface area contributed by atoms with Crippen molar-refractivity contribution < 1.29 is 9.53 Å². The number of ether oxygens (including phenoxy) is 1. The summed E-state index contributed by atoms with van der Waals surface area (Å²) in [5.41, 5.74) is 0.831. The van der Waals surface area contributed by atoms with E-state index in [9.17, 15) is 4.79 Å². The molecule has 0 atom stereocenters. The molecule has 1 aliphatic heterocycles. The molecule has 1 aromatic heterocycles. The standard InChI is InChI=1S/C18H22ClN5O2/c1-2-26-18(25)24-10-7-14(8-11-24)21-16-6-9-20-17(23-16)22-15-5-3-4-13(19)12-15/h3-6,9,12,14H,2,7-8,10-11H2,1H3,(H2,20,21,22,23). The lowest BCUT2D eigenvalue weighted by molar-refractivity contribution is 0.0983. The smallest absolute Gasteiger partial charge is 0.409 e. The Labute approximate surface area is 157 Å². The van der Waals surface area contributed by atoms with E-state index in [0.29, 0.717) is 30.7 Å². The first-order valence-electron chi connectivity index (χ1n) is 8.68. The molecule has 2 heterocycles. The molecule has 0 unspecified atom stereocenters. The number of carbonyl (C=O) groups excluding carboxylic acids is 1. The molecule has 0 spiro atoms. The van der Waals surface area contributed by atoms with Crippen molar-refractivity contribution in [3.05, 3.63) is 41.6 Å². The Hall–Kier alpha value is -2.54. The van der Waals surface area contributed by atoms with Crippen molar-refractivity contribution in [3.8, 4) is 0 Å². The molecule has 7 nitrogen and oxygen atoms in total. The van der Waals surface area contributed by atoms with E-state index in [1.807, 2.05) is 37.3 Å².